The van der Waals surface area contributed by atoms with Crippen LogP contribution in [0.2, 0.25) is 0 Å². The van der Waals surface area contributed by atoms with Gasteiger partial charge in [-0.15, -0.1) is 0 Å². The van der Waals surface area contributed by atoms with Crippen molar-refractivity contribution in [1.29, 1.82) is 0 Å². The van der Waals surface area contributed by atoms with Crippen LogP contribution in [0.1, 0.15) is 56.2 Å². The van der Waals surface area contributed by atoms with Crippen LogP contribution in [-0.4, -0.2) is 4.57 Å². The molecule has 0 saturated carbocycles. The minimum atomic E-state index is -0.210. The number of benzene rings is 4. The number of nitrogens with zero attached hydrogens (tertiary/aromatic N) is 2. The molecule has 4 aromatic carbocycles. The molecular weight excluding hydrogens is 443 g/mol. The molecular formula is C33H34FN2+. The highest BCUT2D eigenvalue weighted by molar-refractivity contribution is 5.82. The number of aryl methyl sites for hydroxylation is 2. The lowest BCUT2D eigenvalue weighted by atomic mass is 9.88. The van der Waals surface area contributed by atoms with E-state index in [9.17, 15) is 4.39 Å². The predicted molar refractivity (Wildman–Crippen MR) is 148 cm³/mol. The molecule has 5 rings (SSSR count). The smallest absolute Gasteiger partial charge is 0.225 e. The van der Waals surface area contributed by atoms with E-state index in [1.165, 1.54) is 44.8 Å². The van der Waals surface area contributed by atoms with Crippen LogP contribution in [0, 0.1) is 12.7 Å². The number of hydrogen-bond acceptors (Lipinski definition) is 0. The summed E-state index contributed by atoms with van der Waals surface area (Å²) >= 11 is 0. The molecule has 0 fully saturated rings. The van der Waals surface area contributed by atoms with Gasteiger partial charge in [-0.3, -0.25) is 0 Å². The van der Waals surface area contributed by atoms with E-state index in [0.717, 1.165) is 11.1 Å². The van der Waals surface area contributed by atoms with Crippen LogP contribution in [0.15, 0.2) is 84.9 Å². The number of hydrogen-bond donors (Lipinski definition) is 0. The van der Waals surface area contributed by atoms with Crippen LogP contribution in [-0.2, 0) is 7.05 Å². The summed E-state index contributed by atoms with van der Waals surface area (Å²) in [6, 6.07) is 28.7. The molecule has 0 N–H and O–H groups in total. The zero-order valence-corrected chi connectivity index (χ0v) is 22.0. The fraction of sp³-hybridized carbons (Fsp3) is 0.242. The van der Waals surface area contributed by atoms with Gasteiger partial charge in [-0.2, -0.15) is 4.57 Å². The topological polar surface area (TPSA) is 8.81 Å². The van der Waals surface area contributed by atoms with Crippen LogP contribution in [0.4, 0.5) is 4.39 Å². The first-order chi connectivity index (χ1) is 17.3. The van der Waals surface area contributed by atoms with E-state index < -0.39 is 0 Å². The molecule has 0 aliphatic rings. The van der Waals surface area contributed by atoms with Gasteiger partial charge in [-0.05, 0) is 77.9 Å². The summed E-state index contributed by atoms with van der Waals surface area (Å²) in [6.07, 6.45) is 0. The Morgan fingerprint density at radius 2 is 1.31 bits per heavy atom. The Labute approximate surface area is 213 Å². The highest BCUT2D eigenvalue weighted by Gasteiger charge is 2.31. The maximum atomic E-state index is 13.7. The molecule has 0 bridgehead atoms. The molecule has 182 valence electrons. The summed E-state index contributed by atoms with van der Waals surface area (Å²) in [7, 11) is 2.16. The molecule has 0 unspecified atom stereocenters. The molecule has 0 saturated heterocycles. The quantitative estimate of drug-likeness (QED) is 0.224. The zero-order chi connectivity index (χ0) is 25.6. The maximum Gasteiger partial charge on any atom is 0.295 e. The predicted octanol–water partition coefficient (Wildman–Crippen LogP) is 8.48. The van der Waals surface area contributed by atoms with Gasteiger partial charge in [-0.1, -0.05) is 70.2 Å². The molecule has 2 nitrogen and oxygen atoms in total. The van der Waals surface area contributed by atoms with Gasteiger partial charge in [-0.25, -0.2) is 8.96 Å². The third-order valence-corrected chi connectivity index (χ3v) is 7.21. The maximum absolute atomic E-state index is 13.7. The summed E-state index contributed by atoms with van der Waals surface area (Å²) in [5, 5.41) is 0. The molecule has 1 aromatic heterocycles. The van der Waals surface area contributed by atoms with Crippen LogP contribution < -0.4 is 4.57 Å². The molecule has 0 amide bonds. The number of halogens is 1. The van der Waals surface area contributed by atoms with E-state index in [4.69, 9.17) is 0 Å². The molecule has 36 heavy (non-hydrogen) atoms. The number of aromatic nitrogens is 2. The van der Waals surface area contributed by atoms with Crippen LogP contribution in [0.3, 0.4) is 0 Å². The highest BCUT2D eigenvalue weighted by atomic mass is 19.1. The van der Waals surface area contributed by atoms with Crippen molar-refractivity contribution in [2.45, 2.75) is 46.5 Å². The lowest BCUT2D eigenvalue weighted by molar-refractivity contribution is -0.633. The van der Waals surface area contributed by atoms with Gasteiger partial charge < -0.3 is 0 Å². The molecule has 0 radical (unpaired) electrons. The minimum Gasteiger partial charge on any atom is -0.225 e. The van der Waals surface area contributed by atoms with Gasteiger partial charge in [0.25, 0.3) is 5.82 Å². The lowest BCUT2D eigenvalue weighted by Gasteiger charge is -2.21. The second-order valence-corrected chi connectivity index (χ2v) is 10.3. The van der Waals surface area contributed by atoms with E-state index in [2.05, 4.69) is 111 Å². The van der Waals surface area contributed by atoms with Gasteiger partial charge >= 0.3 is 0 Å². The first-order valence-electron chi connectivity index (χ1n) is 12.8. The third-order valence-electron chi connectivity index (χ3n) is 7.21. The van der Waals surface area contributed by atoms with Crippen LogP contribution in [0.25, 0.3) is 39.2 Å². The van der Waals surface area contributed by atoms with Gasteiger partial charge in [0.05, 0.1) is 12.6 Å². The Morgan fingerprint density at radius 3 is 1.92 bits per heavy atom. The summed E-state index contributed by atoms with van der Waals surface area (Å²) < 4.78 is 18.5. The normalized spacial score (nSPS) is 11.7. The Hall–Kier alpha value is -3.72. The number of para-hydroxylation sites is 2. The number of imidazole rings is 1. The van der Waals surface area contributed by atoms with Crippen molar-refractivity contribution in [2.75, 3.05) is 0 Å². The Morgan fingerprint density at radius 1 is 0.722 bits per heavy atom. The number of fused-ring (bicyclic) bond motifs is 1. The van der Waals surface area contributed by atoms with E-state index in [1.54, 1.807) is 12.1 Å². The molecule has 5 aromatic rings. The monoisotopic (exact) mass is 477 g/mol. The van der Waals surface area contributed by atoms with Crippen LogP contribution in [0.5, 0.6) is 0 Å². The molecule has 0 atom stereocenters. The Kier molecular flexibility index (Phi) is 6.26. The van der Waals surface area contributed by atoms with E-state index >= 15 is 0 Å². The summed E-state index contributed by atoms with van der Waals surface area (Å²) in [5.74, 6) is 1.56. The second-order valence-electron chi connectivity index (χ2n) is 10.3. The van der Waals surface area contributed by atoms with Crippen molar-refractivity contribution in [3.8, 4) is 28.2 Å². The van der Waals surface area contributed by atoms with Crippen LogP contribution >= 0.6 is 0 Å². The van der Waals surface area contributed by atoms with E-state index in [-0.39, 0.29) is 5.82 Å². The second kappa shape index (κ2) is 9.39. The Bertz CT molecular complexity index is 1530. The molecule has 0 aliphatic carbocycles. The number of rotatable bonds is 5. The third kappa shape index (κ3) is 4.03. The lowest BCUT2D eigenvalue weighted by Crippen LogP contribution is -2.30. The minimum absolute atomic E-state index is 0.210. The fourth-order valence-corrected chi connectivity index (χ4v) is 5.29. The van der Waals surface area contributed by atoms with Gasteiger partial charge in [0.2, 0.25) is 0 Å². The SMILES string of the molecule is Cc1ccccc1-c1n(-c2c(C(C)C)cc(-c3ccc(F)cc3)cc2C(C)C)c2ccccc2[n+]1C. The average molecular weight is 478 g/mol. The van der Waals surface area contributed by atoms with Crippen molar-refractivity contribution >= 4 is 11.0 Å². The molecule has 0 aliphatic heterocycles. The van der Waals surface area contributed by atoms with Crippen molar-refractivity contribution in [2.24, 2.45) is 7.05 Å². The standard InChI is InChI=1S/C33H34FN2/c1-21(2)28-19-25(24-15-17-26(34)18-16-24)20-29(22(3)4)32(28)36-31-14-10-9-13-30(31)35(6)33(36)27-12-8-7-11-23(27)5/h7-22H,1-6H3/q+1. The van der Waals surface area contributed by atoms with E-state index in [1.807, 2.05) is 12.1 Å². The highest BCUT2D eigenvalue weighted by Crippen LogP contribution is 2.39. The van der Waals surface area contributed by atoms with Crippen molar-refractivity contribution < 1.29 is 8.96 Å². The van der Waals surface area contributed by atoms with Gasteiger partial charge in [0.15, 0.2) is 11.0 Å². The van der Waals surface area contributed by atoms with Gasteiger partial charge in [0, 0.05) is 11.1 Å². The molecule has 3 heteroatoms. The molecule has 0 spiro atoms. The van der Waals surface area contributed by atoms with Crippen molar-refractivity contribution in [3.05, 3.63) is 107 Å². The first kappa shape index (κ1) is 24.0. The zero-order valence-electron chi connectivity index (χ0n) is 22.0. The fourth-order valence-electron chi connectivity index (χ4n) is 5.29. The van der Waals surface area contributed by atoms with Crippen molar-refractivity contribution in [3.63, 3.8) is 0 Å². The summed E-state index contributed by atoms with van der Waals surface area (Å²) in [6.45, 7) is 11.2. The largest absolute Gasteiger partial charge is 0.295 e. The summed E-state index contributed by atoms with van der Waals surface area (Å²) in [4.78, 5) is 0. The molecule has 1 heterocycles. The van der Waals surface area contributed by atoms with E-state index in [0.29, 0.717) is 11.8 Å². The first-order valence-corrected chi connectivity index (χ1v) is 12.8. The summed E-state index contributed by atoms with van der Waals surface area (Å²) in [5.41, 5.74) is 10.9. The van der Waals surface area contributed by atoms with Gasteiger partial charge in [0.1, 0.15) is 11.5 Å². The Balaban J connectivity index is 1.92. The average Bonchev–Trinajstić information content (AvgIpc) is 3.16. The van der Waals surface area contributed by atoms with Crippen molar-refractivity contribution in [1.82, 2.24) is 4.57 Å².